The van der Waals surface area contributed by atoms with Crippen LogP contribution in [0.2, 0.25) is 0 Å². The second kappa shape index (κ2) is 9.75. The topological polar surface area (TPSA) is 113 Å². The maximum atomic E-state index is 12.9. The van der Waals surface area contributed by atoms with Gasteiger partial charge in [-0.1, -0.05) is 6.07 Å². The van der Waals surface area contributed by atoms with Gasteiger partial charge in [0.2, 0.25) is 0 Å². The molecule has 0 bridgehead atoms. The lowest BCUT2D eigenvalue weighted by atomic mass is 10.1. The molecule has 0 aliphatic carbocycles. The number of amides is 2. The molecule has 2 amide bonds. The third-order valence-corrected chi connectivity index (χ3v) is 5.22. The standard InChI is InChI=1S/C22H29N7O3/c1-13-7-8-16(21(30)27-32-6)11-17(13)26-20-19-14(2)18(15(3)29(19)25-12-24-20)22(31)23-9-10-28(4)5/h7-8,11-12H,9-10H2,1-6H3,(H,23,31)(H,27,30)(H,24,25,26). The monoisotopic (exact) mass is 439 g/mol. The van der Waals surface area contributed by atoms with Crippen LogP contribution in [0.3, 0.4) is 0 Å². The molecule has 0 saturated carbocycles. The molecule has 0 fully saturated rings. The highest BCUT2D eigenvalue weighted by Crippen LogP contribution is 2.29. The summed E-state index contributed by atoms with van der Waals surface area (Å²) >= 11 is 0. The van der Waals surface area contributed by atoms with Crippen LogP contribution in [0, 0.1) is 20.8 Å². The average Bonchev–Trinajstić information content (AvgIpc) is 3.00. The van der Waals surface area contributed by atoms with Crippen molar-refractivity contribution in [3.63, 3.8) is 0 Å². The normalized spacial score (nSPS) is 11.1. The highest BCUT2D eigenvalue weighted by atomic mass is 16.6. The van der Waals surface area contributed by atoms with Crippen molar-refractivity contribution in [3.05, 3.63) is 52.5 Å². The zero-order chi connectivity index (χ0) is 23.4. The van der Waals surface area contributed by atoms with Crippen LogP contribution in [0.15, 0.2) is 24.5 Å². The number of benzene rings is 1. The molecular weight excluding hydrogens is 410 g/mol. The Kier molecular flexibility index (Phi) is 7.06. The van der Waals surface area contributed by atoms with E-state index < -0.39 is 0 Å². The Balaban J connectivity index is 1.98. The van der Waals surface area contributed by atoms with E-state index in [0.29, 0.717) is 34.7 Å². The molecule has 10 heteroatoms. The van der Waals surface area contributed by atoms with E-state index in [1.54, 1.807) is 16.6 Å². The Hall–Kier alpha value is -3.50. The third kappa shape index (κ3) is 4.71. The van der Waals surface area contributed by atoms with Crippen LogP contribution >= 0.6 is 0 Å². The van der Waals surface area contributed by atoms with Crippen molar-refractivity contribution in [2.75, 3.05) is 39.6 Å². The number of hydroxylamine groups is 1. The van der Waals surface area contributed by atoms with Crippen molar-refractivity contribution >= 4 is 28.8 Å². The maximum absolute atomic E-state index is 12.9. The predicted octanol–water partition coefficient (Wildman–Crippen LogP) is 1.98. The van der Waals surface area contributed by atoms with Crippen LogP contribution in [-0.4, -0.2) is 65.6 Å². The van der Waals surface area contributed by atoms with Crippen LogP contribution < -0.4 is 16.1 Å². The Morgan fingerprint density at radius 1 is 1.16 bits per heavy atom. The smallest absolute Gasteiger partial charge is 0.274 e. The van der Waals surface area contributed by atoms with E-state index in [2.05, 4.69) is 26.2 Å². The van der Waals surface area contributed by atoms with Crippen LogP contribution in [0.25, 0.3) is 5.52 Å². The van der Waals surface area contributed by atoms with Crippen LogP contribution in [0.5, 0.6) is 0 Å². The van der Waals surface area contributed by atoms with Gasteiger partial charge in [-0.2, -0.15) is 5.10 Å². The van der Waals surface area contributed by atoms with E-state index in [9.17, 15) is 9.59 Å². The number of aromatic nitrogens is 3. The lowest BCUT2D eigenvalue weighted by Crippen LogP contribution is -2.31. The molecule has 3 aromatic rings. The van der Waals surface area contributed by atoms with E-state index in [1.165, 1.54) is 13.4 Å². The summed E-state index contributed by atoms with van der Waals surface area (Å²) in [6.07, 6.45) is 1.44. The van der Waals surface area contributed by atoms with Gasteiger partial charge in [0.25, 0.3) is 11.8 Å². The third-order valence-electron chi connectivity index (χ3n) is 5.22. The molecule has 0 saturated heterocycles. The average molecular weight is 440 g/mol. The first-order valence-electron chi connectivity index (χ1n) is 10.2. The predicted molar refractivity (Wildman–Crippen MR) is 122 cm³/mol. The first-order valence-corrected chi connectivity index (χ1v) is 10.2. The van der Waals surface area contributed by atoms with Gasteiger partial charge in [-0.05, 0) is 58.1 Å². The van der Waals surface area contributed by atoms with Gasteiger partial charge in [-0.15, -0.1) is 0 Å². The van der Waals surface area contributed by atoms with E-state index in [1.807, 2.05) is 45.8 Å². The summed E-state index contributed by atoms with van der Waals surface area (Å²) in [4.78, 5) is 36.1. The lowest BCUT2D eigenvalue weighted by molar-refractivity contribution is 0.0537. The van der Waals surface area contributed by atoms with Crippen LogP contribution in [-0.2, 0) is 4.84 Å². The number of carbonyl (C=O) groups is 2. The number of hydrogen-bond donors (Lipinski definition) is 3. The van der Waals surface area contributed by atoms with Crippen molar-refractivity contribution in [2.45, 2.75) is 20.8 Å². The first-order chi connectivity index (χ1) is 15.2. The molecule has 32 heavy (non-hydrogen) atoms. The van der Waals surface area contributed by atoms with Crippen molar-refractivity contribution in [1.29, 1.82) is 0 Å². The molecule has 3 N–H and O–H groups in total. The molecule has 10 nitrogen and oxygen atoms in total. The largest absolute Gasteiger partial charge is 0.351 e. The Bertz CT molecular complexity index is 1150. The van der Waals surface area contributed by atoms with E-state index in [0.717, 1.165) is 23.4 Å². The molecule has 3 rings (SSSR count). The van der Waals surface area contributed by atoms with Crippen molar-refractivity contribution in [2.24, 2.45) is 0 Å². The number of nitrogens with one attached hydrogen (secondary N) is 3. The summed E-state index contributed by atoms with van der Waals surface area (Å²) in [5.74, 6) is 0.0443. The number of fused-ring (bicyclic) bond motifs is 1. The fourth-order valence-corrected chi connectivity index (χ4v) is 3.53. The number of likely N-dealkylation sites (N-methyl/N-ethyl adjacent to an activating group) is 1. The molecule has 2 heterocycles. The van der Waals surface area contributed by atoms with Gasteiger partial charge in [0.15, 0.2) is 5.82 Å². The number of nitrogens with zero attached hydrogens (tertiary/aromatic N) is 4. The lowest BCUT2D eigenvalue weighted by Gasteiger charge is -2.12. The minimum absolute atomic E-state index is 0.146. The summed E-state index contributed by atoms with van der Waals surface area (Å²) in [7, 11) is 5.30. The number of aryl methyl sites for hydroxylation is 3. The summed E-state index contributed by atoms with van der Waals surface area (Å²) < 4.78 is 1.71. The van der Waals surface area contributed by atoms with Crippen molar-refractivity contribution in [1.82, 2.24) is 30.3 Å². The summed E-state index contributed by atoms with van der Waals surface area (Å²) in [5.41, 5.74) is 7.19. The minimum atomic E-state index is -0.352. The van der Waals surface area contributed by atoms with E-state index >= 15 is 0 Å². The molecular formula is C22H29N7O3. The zero-order valence-electron chi connectivity index (χ0n) is 19.2. The number of carbonyl (C=O) groups excluding carboxylic acids is 2. The quantitative estimate of drug-likeness (QED) is 0.460. The summed E-state index contributed by atoms with van der Waals surface area (Å²) in [6.45, 7) is 6.96. The van der Waals surface area contributed by atoms with Gasteiger partial charge in [0, 0.05) is 24.3 Å². The molecule has 0 spiro atoms. The van der Waals surface area contributed by atoms with Gasteiger partial charge in [0.1, 0.15) is 11.8 Å². The minimum Gasteiger partial charge on any atom is -0.351 e. The van der Waals surface area contributed by atoms with E-state index in [-0.39, 0.29) is 11.8 Å². The molecule has 2 aromatic heterocycles. The maximum Gasteiger partial charge on any atom is 0.274 e. The molecule has 0 aliphatic heterocycles. The second-order valence-corrected chi connectivity index (χ2v) is 7.80. The molecule has 1 aromatic carbocycles. The highest BCUT2D eigenvalue weighted by Gasteiger charge is 2.22. The molecule has 0 atom stereocenters. The number of hydrogen-bond acceptors (Lipinski definition) is 7. The van der Waals surface area contributed by atoms with Gasteiger partial charge < -0.3 is 15.5 Å². The number of rotatable bonds is 8. The first kappa shape index (κ1) is 23.2. The van der Waals surface area contributed by atoms with Crippen LogP contribution in [0.4, 0.5) is 11.5 Å². The SMILES string of the molecule is CONC(=O)c1ccc(C)c(Nc2ncnn3c(C)c(C(=O)NCCN(C)C)c(C)c23)c1. The van der Waals surface area contributed by atoms with Crippen LogP contribution in [0.1, 0.15) is 37.5 Å². The molecule has 0 radical (unpaired) electrons. The van der Waals surface area contributed by atoms with E-state index in [4.69, 9.17) is 4.84 Å². The molecule has 0 aliphatic rings. The van der Waals surface area contributed by atoms with Gasteiger partial charge in [-0.3, -0.25) is 14.4 Å². The fraction of sp³-hybridized carbons (Fsp3) is 0.364. The fourth-order valence-electron chi connectivity index (χ4n) is 3.53. The molecule has 170 valence electrons. The molecule has 0 unspecified atom stereocenters. The van der Waals surface area contributed by atoms with Crippen molar-refractivity contribution in [3.8, 4) is 0 Å². The summed E-state index contributed by atoms with van der Waals surface area (Å²) in [6, 6.07) is 5.28. The Morgan fingerprint density at radius 3 is 2.59 bits per heavy atom. The number of anilines is 2. The Labute approximate surface area is 186 Å². The highest BCUT2D eigenvalue weighted by molar-refractivity contribution is 6.01. The van der Waals surface area contributed by atoms with Gasteiger partial charge >= 0.3 is 0 Å². The summed E-state index contributed by atoms with van der Waals surface area (Å²) in [5, 5.41) is 10.6. The second-order valence-electron chi connectivity index (χ2n) is 7.80. The zero-order valence-corrected chi connectivity index (χ0v) is 19.2. The van der Waals surface area contributed by atoms with Crippen molar-refractivity contribution < 1.29 is 14.4 Å². The van der Waals surface area contributed by atoms with Gasteiger partial charge in [-0.25, -0.2) is 15.0 Å². The Morgan fingerprint density at radius 2 is 1.91 bits per heavy atom. The van der Waals surface area contributed by atoms with Gasteiger partial charge in [0.05, 0.1) is 18.4 Å².